The van der Waals surface area contributed by atoms with Gasteiger partial charge in [0.1, 0.15) is 11.5 Å². The molecule has 0 aliphatic heterocycles. The van der Waals surface area contributed by atoms with Crippen LogP contribution in [0, 0.1) is 0 Å². The average Bonchev–Trinajstić information content (AvgIpc) is 2.30. The predicted molar refractivity (Wildman–Crippen MR) is 42.8 cm³/mol. The number of nitrogens with zero attached hydrogens (tertiary/aromatic N) is 2. The molecule has 0 radical (unpaired) electrons. The summed E-state index contributed by atoms with van der Waals surface area (Å²) in [5, 5.41) is 6.89. The largest absolute Gasteiger partial charge is 0.372 e. The van der Waals surface area contributed by atoms with Crippen LogP contribution < -0.4 is 5.32 Å². The number of aryl methyl sites for hydroxylation is 1. The maximum absolute atomic E-state index is 10.9. The fourth-order valence-electron chi connectivity index (χ4n) is 0.919. The number of rotatable bonds is 2. The molecule has 0 aliphatic carbocycles. The van der Waals surface area contributed by atoms with Crippen LogP contribution in [-0.2, 0) is 7.05 Å². The summed E-state index contributed by atoms with van der Waals surface area (Å²) in [5.74, 6) is 0.749. The van der Waals surface area contributed by atoms with Gasteiger partial charge in [0.25, 0.3) is 0 Å². The number of aromatic nitrogens is 2. The molecule has 1 aromatic heterocycles. The molecule has 60 valence electrons. The summed E-state index contributed by atoms with van der Waals surface area (Å²) in [6.07, 6.45) is 0. The number of hydrogen-bond acceptors (Lipinski definition) is 3. The molecule has 4 heteroatoms. The van der Waals surface area contributed by atoms with E-state index in [4.69, 9.17) is 0 Å². The van der Waals surface area contributed by atoms with Crippen molar-refractivity contribution in [2.75, 3.05) is 12.4 Å². The lowest BCUT2D eigenvalue weighted by Crippen LogP contribution is -2.02. The molecule has 0 atom stereocenters. The first-order valence-corrected chi connectivity index (χ1v) is 3.38. The number of anilines is 1. The van der Waals surface area contributed by atoms with Crippen molar-refractivity contribution in [2.24, 2.45) is 7.05 Å². The van der Waals surface area contributed by atoms with E-state index in [2.05, 4.69) is 10.4 Å². The maximum atomic E-state index is 10.9. The molecule has 11 heavy (non-hydrogen) atoms. The first kappa shape index (κ1) is 7.78. The van der Waals surface area contributed by atoms with Gasteiger partial charge in [-0.15, -0.1) is 0 Å². The monoisotopic (exact) mass is 153 g/mol. The van der Waals surface area contributed by atoms with Crippen molar-refractivity contribution in [3.8, 4) is 0 Å². The third-order valence-electron chi connectivity index (χ3n) is 1.50. The molecule has 0 unspecified atom stereocenters. The fourth-order valence-corrected chi connectivity index (χ4v) is 0.919. The van der Waals surface area contributed by atoms with E-state index in [1.54, 1.807) is 24.8 Å². The van der Waals surface area contributed by atoms with Gasteiger partial charge in [-0.2, -0.15) is 5.10 Å². The van der Waals surface area contributed by atoms with Gasteiger partial charge >= 0.3 is 0 Å². The van der Waals surface area contributed by atoms with E-state index in [9.17, 15) is 4.79 Å². The molecule has 0 saturated carbocycles. The molecule has 1 heterocycles. The zero-order valence-electron chi connectivity index (χ0n) is 6.88. The Bertz CT molecular complexity index is 277. The molecule has 4 nitrogen and oxygen atoms in total. The van der Waals surface area contributed by atoms with Crippen LogP contribution in [0.5, 0.6) is 0 Å². The maximum Gasteiger partial charge on any atom is 0.177 e. The Labute approximate surface area is 65.2 Å². The second-order valence-corrected chi connectivity index (χ2v) is 2.34. The minimum Gasteiger partial charge on any atom is -0.372 e. The molecule has 1 rings (SSSR count). The predicted octanol–water partition coefficient (Wildman–Crippen LogP) is 0.664. The fraction of sp³-hybridized carbons (Fsp3) is 0.429. The summed E-state index contributed by atoms with van der Waals surface area (Å²) >= 11 is 0. The van der Waals surface area contributed by atoms with Crippen molar-refractivity contribution in [3.05, 3.63) is 11.8 Å². The molecule has 0 aromatic carbocycles. The van der Waals surface area contributed by atoms with E-state index in [0.29, 0.717) is 5.69 Å². The Morgan fingerprint density at radius 3 is 2.64 bits per heavy atom. The Hall–Kier alpha value is -1.32. The summed E-state index contributed by atoms with van der Waals surface area (Å²) in [6, 6.07) is 1.72. The molecule has 1 aromatic rings. The molecule has 0 aliphatic rings. The number of carbonyl (C=O) groups excluding carboxylic acids is 1. The zero-order valence-corrected chi connectivity index (χ0v) is 6.88. The van der Waals surface area contributed by atoms with Gasteiger partial charge in [-0.1, -0.05) is 0 Å². The minimum absolute atomic E-state index is 0.0292. The van der Waals surface area contributed by atoms with E-state index in [-0.39, 0.29) is 5.78 Å². The Morgan fingerprint density at radius 2 is 2.36 bits per heavy atom. The van der Waals surface area contributed by atoms with Crippen LogP contribution in [0.25, 0.3) is 0 Å². The van der Waals surface area contributed by atoms with Crippen molar-refractivity contribution in [1.29, 1.82) is 0 Å². The second-order valence-electron chi connectivity index (χ2n) is 2.34. The third-order valence-corrected chi connectivity index (χ3v) is 1.50. The van der Waals surface area contributed by atoms with Gasteiger partial charge in [0, 0.05) is 27.1 Å². The van der Waals surface area contributed by atoms with Crippen molar-refractivity contribution < 1.29 is 4.79 Å². The van der Waals surface area contributed by atoms with Crippen LogP contribution in [0.2, 0.25) is 0 Å². The van der Waals surface area contributed by atoms with Crippen molar-refractivity contribution in [1.82, 2.24) is 9.78 Å². The molecule has 0 bridgehead atoms. The SMILES string of the molecule is CNc1cc(C(C)=O)n(C)n1. The van der Waals surface area contributed by atoms with Crippen molar-refractivity contribution in [2.45, 2.75) is 6.92 Å². The third kappa shape index (κ3) is 1.39. The molecule has 0 amide bonds. The van der Waals surface area contributed by atoms with Crippen LogP contribution in [-0.4, -0.2) is 22.6 Å². The van der Waals surface area contributed by atoms with E-state index < -0.39 is 0 Å². The first-order valence-electron chi connectivity index (χ1n) is 3.38. The highest BCUT2D eigenvalue weighted by molar-refractivity contribution is 5.93. The molecule has 0 saturated heterocycles. The summed E-state index contributed by atoms with van der Waals surface area (Å²) in [5.41, 5.74) is 0.620. The lowest BCUT2D eigenvalue weighted by Gasteiger charge is -1.92. The molecule has 0 spiro atoms. The smallest absolute Gasteiger partial charge is 0.177 e. The summed E-state index contributed by atoms with van der Waals surface area (Å²) in [6.45, 7) is 1.52. The number of nitrogens with one attached hydrogen (secondary N) is 1. The summed E-state index contributed by atoms with van der Waals surface area (Å²) in [4.78, 5) is 10.9. The van der Waals surface area contributed by atoms with Gasteiger partial charge in [0.05, 0.1) is 0 Å². The average molecular weight is 153 g/mol. The Kier molecular flexibility index (Phi) is 1.94. The summed E-state index contributed by atoms with van der Waals surface area (Å²) < 4.78 is 1.56. The van der Waals surface area contributed by atoms with Crippen molar-refractivity contribution >= 4 is 11.6 Å². The van der Waals surface area contributed by atoms with E-state index in [0.717, 1.165) is 5.82 Å². The zero-order chi connectivity index (χ0) is 8.43. The highest BCUT2D eigenvalue weighted by atomic mass is 16.1. The van der Waals surface area contributed by atoms with Gasteiger partial charge in [-0.3, -0.25) is 9.48 Å². The van der Waals surface area contributed by atoms with Crippen LogP contribution in [0.4, 0.5) is 5.82 Å². The highest BCUT2D eigenvalue weighted by Crippen LogP contribution is 2.07. The second kappa shape index (κ2) is 2.74. The van der Waals surface area contributed by atoms with Crippen LogP contribution in [0.15, 0.2) is 6.07 Å². The molecular weight excluding hydrogens is 142 g/mol. The van der Waals surface area contributed by atoms with Crippen molar-refractivity contribution in [3.63, 3.8) is 0 Å². The number of carbonyl (C=O) groups is 1. The normalized spacial score (nSPS) is 9.73. The van der Waals surface area contributed by atoms with E-state index in [1.807, 2.05) is 0 Å². The van der Waals surface area contributed by atoms with E-state index in [1.165, 1.54) is 6.92 Å². The highest BCUT2D eigenvalue weighted by Gasteiger charge is 2.06. The minimum atomic E-state index is 0.0292. The van der Waals surface area contributed by atoms with Gasteiger partial charge in [0.2, 0.25) is 0 Å². The van der Waals surface area contributed by atoms with Crippen LogP contribution >= 0.6 is 0 Å². The van der Waals surface area contributed by atoms with Crippen LogP contribution in [0.3, 0.4) is 0 Å². The molecule has 0 fully saturated rings. The van der Waals surface area contributed by atoms with Gasteiger partial charge in [-0.25, -0.2) is 0 Å². The Morgan fingerprint density at radius 1 is 1.73 bits per heavy atom. The Balaban J connectivity index is 3.07. The number of hydrogen-bond donors (Lipinski definition) is 1. The number of ketones is 1. The molecule has 1 N–H and O–H groups in total. The standard InChI is InChI=1S/C7H11N3O/c1-5(11)6-4-7(8-2)9-10(6)3/h4H,1-3H3,(H,8,9). The van der Waals surface area contributed by atoms with Gasteiger partial charge in [-0.05, 0) is 0 Å². The lowest BCUT2D eigenvalue weighted by atomic mass is 10.3. The van der Waals surface area contributed by atoms with Gasteiger partial charge in [0.15, 0.2) is 5.78 Å². The van der Waals surface area contributed by atoms with Gasteiger partial charge < -0.3 is 5.32 Å². The lowest BCUT2D eigenvalue weighted by molar-refractivity contribution is 0.100. The number of Topliss-reactive ketones (excluding diaryl/α,β-unsaturated/α-hetero) is 1. The molecular formula is C7H11N3O. The van der Waals surface area contributed by atoms with Crippen LogP contribution in [0.1, 0.15) is 17.4 Å². The summed E-state index contributed by atoms with van der Waals surface area (Å²) in [7, 11) is 3.52. The quantitative estimate of drug-likeness (QED) is 0.635. The topological polar surface area (TPSA) is 46.9 Å². The first-order chi connectivity index (χ1) is 5.15. The van der Waals surface area contributed by atoms with E-state index >= 15 is 0 Å².